The van der Waals surface area contributed by atoms with Crippen molar-refractivity contribution in [2.75, 3.05) is 9.80 Å². The van der Waals surface area contributed by atoms with Gasteiger partial charge < -0.3 is 9.80 Å². The zero-order valence-electron chi connectivity index (χ0n) is 40.5. The Morgan fingerprint density at radius 3 is 1.16 bits per heavy atom. The molecule has 4 aliphatic carbocycles. The molecule has 0 saturated heterocycles. The molecule has 0 fully saturated rings. The Labute approximate surface area is 431 Å². The molecule has 16 rings (SSSR count). The van der Waals surface area contributed by atoms with E-state index in [0.29, 0.717) is 0 Å². The molecule has 4 aliphatic rings. The molecule has 2 nitrogen and oxygen atoms in total. The molecule has 0 heterocycles. The standard InChI is InChI=1S/C72H46N2/c1-4-23-47(24-5-1)73(48-25-6-2-7-26-48)68-46-66-69(56-34-11-10-33-55(56)68)58-35-16-21-41-64(58)71(66)60-37-17-15-32-54(60)59-45-50(43-44-65(59)71)74(49-27-8-3-9-28-49)67-42-22-36-57-53-31-14-20-40-63(53)72(70(57)67)61-38-18-12-29-51(61)52-30-13-19-39-62(52)72/h1-46H. The lowest BCUT2D eigenvalue weighted by molar-refractivity contribution is 0.792. The molecule has 2 spiro atoms. The lowest BCUT2D eigenvalue weighted by Crippen LogP contribution is -2.28. The van der Waals surface area contributed by atoms with E-state index in [9.17, 15) is 0 Å². The molecule has 0 aromatic heterocycles. The zero-order valence-corrected chi connectivity index (χ0v) is 40.5. The Kier molecular flexibility index (Phi) is 8.62. The fourth-order valence-corrected chi connectivity index (χ4v) is 14.2. The van der Waals surface area contributed by atoms with E-state index in [1.807, 2.05) is 0 Å². The molecule has 0 amide bonds. The Morgan fingerprint density at radius 2 is 0.608 bits per heavy atom. The summed E-state index contributed by atoms with van der Waals surface area (Å²) in [6.45, 7) is 0. The highest BCUT2D eigenvalue weighted by molar-refractivity contribution is 6.12. The lowest BCUT2D eigenvalue weighted by Gasteiger charge is -2.36. The van der Waals surface area contributed by atoms with Crippen molar-refractivity contribution in [1.29, 1.82) is 0 Å². The fourth-order valence-electron chi connectivity index (χ4n) is 14.2. The molecule has 74 heavy (non-hydrogen) atoms. The lowest BCUT2D eigenvalue weighted by atomic mass is 9.70. The van der Waals surface area contributed by atoms with Crippen LogP contribution in [0, 0.1) is 0 Å². The van der Waals surface area contributed by atoms with Crippen LogP contribution in [0.4, 0.5) is 34.1 Å². The van der Waals surface area contributed by atoms with Crippen LogP contribution in [0.15, 0.2) is 279 Å². The van der Waals surface area contributed by atoms with Crippen molar-refractivity contribution in [3.63, 3.8) is 0 Å². The van der Waals surface area contributed by atoms with Crippen LogP contribution >= 0.6 is 0 Å². The van der Waals surface area contributed by atoms with E-state index in [1.54, 1.807) is 0 Å². The molecule has 344 valence electrons. The molecule has 0 N–H and O–H groups in total. The van der Waals surface area contributed by atoms with Gasteiger partial charge in [0.15, 0.2) is 0 Å². The highest BCUT2D eigenvalue weighted by atomic mass is 15.2. The fraction of sp³-hybridized carbons (Fsp3) is 0.0278. The number of benzene rings is 12. The van der Waals surface area contributed by atoms with E-state index >= 15 is 0 Å². The van der Waals surface area contributed by atoms with Crippen molar-refractivity contribution in [3.05, 3.63) is 324 Å². The van der Waals surface area contributed by atoms with Gasteiger partial charge in [-0.25, -0.2) is 0 Å². The van der Waals surface area contributed by atoms with Crippen LogP contribution in [-0.4, -0.2) is 0 Å². The molecule has 0 aliphatic heterocycles. The van der Waals surface area contributed by atoms with Gasteiger partial charge in [0, 0.05) is 33.7 Å². The molecular formula is C72H46N2. The van der Waals surface area contributed by atoms with E-state index in [0.717, 1.165) is 28.4 Å². The second-order valence-electron chi connectivity index (χ2n) is 20.2. The number of para-hydroxylation sites is 3. The topological polar surface area (TPSA) is 6.48 Å². The van der Waals surface area contributed by atoms with Crippen LogP contribution in [0.5, 0.6) is 0 Å². The highest BCUT2D eigenvalue weighted by Gasteiger charge is 2.55. The second-order valence-corrected chi connectivity index (χ2v) is 20.2. The average Bonchev–Trinajstić information content (AvgIpc) is 4.18. The second kappa shape index (κ2) is 15.5. The third kappa shape index (κ3) is 5.28. The van der Waals surface area contributed by atoms with Crippen molar-refractivity contribution in [2.24, 2.45) is 0 Å². The number of rotatable bonds is 6. The van der Waals surface area contributed by atoms with Crippen LogP contribution in [0.25, 0.3) is 55.3 Å². The van der Waals surface area contributed by atoms with Gasteiger partial charge in [-0.2, -0.15) is 0 Å². The minimum Gasteiger partial charge on any atom is -0.310 e. The predicted octanol–water partition coefficient (Wildman–Crippen LogP) is 18.5. The Bertz CT molecular complexity index is 4170. The highest BCUT2D eigenvalue weighted by Crippen LogP contribution is 2.68. The Balaban J connectivity index is 0.971. The Hall–Kier alpha value is -9.50. The molecule has 1 atom stereocenters. The molecule has 2 heteroatoms. The summed E-state index contributed by atoms with van der Waals surface area (Å²) in [5.41, 5.74) is 26.5. The number of nitrogens with zero attached hydrogens (tertiary/aromatic N) is 2. The maximum absolute atomic E-state index is 2.55. The molecular weight excluding hydrogens is 893 g/mol. The summed E-state index contributed by atoms with van der Waals surface area (Å²) in [4.78, 5) is 5.00. The van der Waals surface area contributed by atoms with E-state index < -0.39 is 10.8 Å². The summed E-state index contributed by atoms with van der Waals surface area (Å²) in [7, 11) is 0. The normalized spacial score (nSPS) is 15.2. The minimum absolute atomic E-state index is 0.527. The van der Waals surface area contributed by atoms with Gasteiger partial charge in [-0.15, -0.1) is 0 Å². The summed E-state index contributed by atoms with van der Waals surface area (Å²) in [6, 6.07) is 105. The van der Waals surface area contributed by atoms with Crippen molar-refractivity contribution in [3.8, 4) is 44.5 Å². The maximum atomic E-state index is 2.55. The molecule has 12 aromatic carbocycles. The molecule has 0 saturated carbocycles. The van der Waals surface area contributed by atoms with Gasteiger partial charge in [0.05, 0.1) is 22.2 Å². The van der Waals surface area contributed by atoms with Gasteiger partial charge in [-0.05, 0) is 150 Å². The van der Waals surface area contributed by atoms with Crippen molar-refractivity contribution in [1.82, 2.24) is 0 Å². The first-order valence-corrected chi connectivity index (χ1v) is 25.8. The largest absolute Gasteiger partial charge is 0.310 e. The van der Waals surface area contributed by atoms with Crippen molar-refractivity contribution < 1.29 is 0 Å². The van der Waals surface area contributed by atoms with Crippen LogP contribution in [0.3, 0.4) is 0 Å². The van der Waals surface area contributed by atoms with Gasteiger partial charge in [0.1, 0.15) is 0 Å². The van der Waals surface area contributed by atoms with Gasteiger partial charge in [-0.1, -0.05) is 218 Å². The van der Waals surface area contributed by atoms with Gasteiger partial charge in [-0.3, -0.25) is 0 Å². The van der Waals surface area contributed by atoms with Crippen LogP contribution in [0.2, 0.25) is 0 Å². The van der Waals surface area contributed by atoms with Crippen LogP contribution < -0.4 is 9.80 Å². The summed E-state index contributed by atoms with van der Waals surface area (Å²) in [5.74, 6) is 0. The van der Waals surface area contributed by atoms with E-state index in [4.69, 9.17) is 0 Å². The van der Waals surface area contributed by atoms with Crippen molar-refractivity contribution >= 4 is 44.9 Å². The zero-order chi connectivity index (χ0) is 48.5. The van der Waals surface area contributed by atoms with Gasteiger partial charge in [0.2, 0.25) is 0 Å². The van der Waals surface area contributed by atoms with Gasteiger partial charge in [0.25, 0.3) is 0 Å². The van der Waals surface area contributed by atoms with Crippen molar-refractivity contribution in [2.45, 2.75) is 10.8 Å². The predicted molar refractivity (Wildman–Crippen MR) is 306 cm³/mol. The average molecular weight is 939 g/mol. The smallest absolute Gasteiger partial charge is 0.0746 e. The third-order valence-electron chi connectivity index (χ3n) is 16.8. The number of hydrogen-bond acceptors (Lipinski definition) is 2. The minimum atomic E-state index is -0.594. The van der Waals surface area contributed by atoms with Gasteiger partial charge >= 0.3 is 0 Å². The monoisotopic (exact) mass is 938 g/mol. The first-order valence-electron chi connectivity index (χ1n) is 25.8. The van der Waals surface area contributed by atoms with Crippen LogP contribution in [-0.2, 0) is 10.8 Å². The third-order valence-corrected chi connectivity index (χ3v) is 16.8. The summed E-state index contributed by atoms with van der Waals surface area (Å²) in [6.07, 6.45) is 0. The van der Waals surface area contributed by atoms with E-state index in [-0.39, 0.29) is 0 Å². The van der Waals surface area contributed by atoms with E-state index in [2.05, 4.69) is 289 Å². The summed E-state index contributed by atoms with van der Waals surface area (Å²) < 4.78 is 0. The SMILES string of the molecule is c1ccc(N(c2ccc3c(c2)-c2ccccc2C32c3ccccc3-c3c2cc(N(c2ccccc2)c2ccccc2)c2ccccc32)c2cccc3c2C2(c4ccccc4-c4ccccc42)c2ccccc2-3)cc1. The first kappa shape index (κ1) is 41.2. The summed E-state index contributed by atoms with van der Waals surface area (Å²) in [5, 5.41) is 2.47. The quantitative estimate of drug-likeness (QED) is 0.164. The Morgan fingerprint density at radius 1 is 0.216 bits per heavy atom. The van der Waals surface area contributed by atoms with Crippen LogP contribution in [0.1, 0.15) is 44.5 Å². The molecule has 0 radical (unpaired) electrons. The molecule has 0 bridgehead atoms. The summed E-state index contributed by atoms with van der Waals surface area (Å²) >= 11 is 0. The number of fused-ring (bicyclic) bond motifs is 22. The number of hydrogen-bond donors (Lipinski definition) is 0. The van der Waals surface area contributed by atoms with E-state index in [1.165, 1.54) is 105 Å². The first-order chi connectivity index (χ1) is 36.8. The maximum Gasteiger partial charge on any atom is 0.0746 e. The number of anilines is 6. The molecule has 1 unspecified atom stereocenters. The molecule has 12 aromatic rings.